The molecule has 0 aliphatic heterocycles. The van der Waals surface area contributed by atoms with Gasteiger partial charge in [0.15, 0.2) is 12.2 Å². The van der Waals surface area contributed by atoms with Crippen molar-refractivity contribution in [3.63, 3.8) is 0 Å². The van der Waals surface area contributed by atoms with Crippen LogP contribution in [0.15, 0.2) is 109 Å². The average Bonchev–Trinajstić information content (AvgIpc) is 0.985. The van der Waals surface area contributed by atoms with Crippen LogP contribution in [0.2, 0.25) is 0 Å². The average molecular weight is 1420 g/mol. The number of hydrogen-bond donors (Lipinski definition) is 3. The van der Waals surface area contributed by atoms with E-state index in [-0.39, 0.29) is 25.7 Å². The molecule has 0 spiro atoms. The first kappa shape index (κ1) is 93.7. The van der Waals surface area contributed by atoms with Gasteiger partial charge in [-0.3, -0.25) is 37.3 Å². The summed E-state index contributed by atoms with van der Waals surface area (Å²) in [4.78, 5) is 72.8. The number of allylic oxidation sites excluding steroid dienone is 18. The molecule has 0 aliphatic rings. The Labute approximate surface area is 594 Å². The van der Waals surface area contributed by atoms with E-state index in [0.717, 1.165) is 135 Å². The van der Waals surface area contributed by atoms with E-state index in [1.165, 1.54) is 89.9 Å². The minimum absolute atomic E-state index is 0.0839. The number of unbranched alkanes of at least 4 members (excludes halogenated alkanes) is 27. The van der Waals surface area contributed by atoms with Crippen LogP contribution in [-0.4, -0.2) is 96.7 Å². The summed E-state index contributed by atoms with van der Waals surface area (Å²) in [7, 11) is -9.96. The maximum Gasteiger partial charge on any atom is 0.472 e. The first-order valence-electron chi connectivity index (χ1n) is 38.1. The summed E-state index contributed by atoms with van der Waals surface area (Å²) in [5.74, 6) is -2.26. The van der Waals surface area contributed by atoms with Crippen molar-refractivity contribution in [2.45, 2.75) is 329 Å². The van der Waals surface area contributed by atoms with Crippen LogP contribution in [-0.2, 0) is 65.4 Å². The summed E-state index contributed by atoms with van der Waals surface area (Å²) < 4.78 is 68.4. The number of carbonyl (C=O) groups is 4. The lowest BCUT2D eigenvalue weighted by Gasteiger charge is -2.21. The molecule has 0 aromatic heterocycles. The van der Waals surface area contributed by atoms with Gasteiger partial charge in [-0.05, 0) is 103 Å². The van der Waals surface area contributed by atoms with Crippen LogP contribution in [0.1, 0.15) is 310 Å². The Morgan fingerprint density at radius 1 is 0.296 bits per heavy atom. The van der Waals surface area contributed by atoms with Gasteiger partial charge in [0.1, 0.15) is 19.3 Å². The second-order valence-corrected chi connectivity index (χ2v) is 28.1. The number of aliphatic hydroxyl groups excluding tert-OH is 1. The lowest BCUT2D eigenvalue weighted by atomic mass is 10.0. The van der Waals surface area contributed by atoms with Crippen molar-refractivity contribution < 1.29 is 80.2 Å². The number of aliphatic hydroxyl groups is 1. The highest BCUT2D eigenvalue weighted by Crippen LogP contribution is 2.45. The Hall–Kier alpha value is -4.28. The molecule has 0 aromatic carbocycles. The van der Waals surface area contributed by atoms with Gasteiger partial charge in [0.05, 0.1) is 26.4 Å². The predicted molar refractivity (Wildman–Crippen MR) is 399 cm³/mol. The van der Waals surface area contributed by atoms with Gasteiger partial charge in [0.25, 0.3) is 0 Å². The van der Waals surface area contributed by atoms with Crippen LogP contribution in [0.5, 0.6) is 0 Å². The number of carbonyl (C=O) groups excluding carboxylic acids is 4. The topological polar surface area (TPSA) is 237 Å². The molecule has 0 aromatic rings. The molecule has 0 aliphatic carbocycles. The summed E-state index contributed by atoms with van der Waals surface area (Å²) in [6.07, 6.45) is 75.2. The molecule has 0 saturated heterocycles. The summed E-state index contributed by atoms with van der Waals surface area (Å²) in [5.41, 5.74) is 0. The first-order chi connectivity index (χ1) is 47.7. The van der Waals surface area contributed by atoms with E-state index in [1.807, 2.05) is 12.2 Å². The number of phosphoric acid groups is 2. The van der Waals surface area contributed by atoms with E-state index in [9.17, 15) is 43.2 Å². The second kappa shape index (κ2) is 71.1. The first-order valence-corrected chi connectivity index (χ1v) is 41.1. The Balaban J connectivity index is 5.37. The van der Waals surface area contributed by atoms with Crippen molar-refractivity contribution in [3.8, 4) is 0 Å². The smallest absolute Gasteiger partial charge is 0.462 e. The van der Waals surface area contributed by atoms with Crippen molar-refractivity contribution >= 4 is 39.5 Å². The lowest BCUT2D eigenvalue weighted by Crippen LogP contribution is -2.30. The maximum atomic E-state index is 13.1. The van der Waals surface area contributed by atoms with E-state index < -0.39 is 97.5 Å². The highest BCUT2D eigenvalue weighted by atomic mass is 31.2. The van der Waals surface area contributed by atoms with Gasteiger partial charge in [-0.25, -0.2) is 9.13 Å². The zero-order chi connectivity index (χ0) is 71.8. The van der Waals surface area contributed by atoms with Crippen LogP contribution >= 0.6 is 15.6 Å². The number of ether oxygens (including phenoxy) is 4. The van der Waals surface area contributed by atoms with Gasteiger partial charge < -0.3 is 33.8 Å². The molecule has 0 radical (unpaired) electrons. The molecule has 98 heavy (non-hydrogen) atoms. The standard InChI is InChI=1S/C79H136O17P2/c1-5-9-13-17-21-25-29-32-34-36-38-41-44-47-51-55-59-63-76(81)89-69-74(95-78(83)65-61-57-53-49-43-28-24-20-16-12-8-4)71-93-97(85,86)91-67-73(80)68-92-98(87,88)94-72-75(96-79(84)66-62-58-54-50-46-40-31-27-23-19-15-11-7-3)70-90-77(82)64-60-56-52-48-45-42-39-37-35-33-30-26-22-18-14-10-6-2/h9-10,13-14,21-22,25-26,32-35,38-39,41-42,47,51,73-75,80H,5-8,11-12,15-20,23-24,27-31,36-37,40,43-46,48-50,52-72H2,1-4H3,(H,85,86)(H,87,88)/b13-9-,14-10-,25-21-,26-22-,34-32-,35-33-,41-38-,42-39-,51-47-. The SMILES string of the molecule is CC/C=C\C/C=C\C/C=C\C/C=C\C/C=C\CCCC(=O)OCC(COP(=O)(O)OCC(O)COP(=O)(O)OCC(COC(=O)CCCCCC/C=C\C/C=C\C/C=C\C/C=C\CC)OC(=O)CCCCCCCCCCCCCCC)OC(=O)CCCCCCCCCCCCC. The van der Waals surface area contributed by atoms with Gasteiger partial charge in [-0.2, -0.15) is 0 Å². The van der Waals surface area contributed by atoms with Gasteiger partial charge in [-0.1, -0.05) is 291 Å². The molecule has 3 N–H and O–H groups in total. The van der Waals surface area contributed by atoms with Gasteiger partial charge in [-0.15, -0.1) is 0 Å². The zero-order valence-electron chi connectivity index (χ0n) is 61.4. The fraction of sp³-hybridized carbons (Fsp3) is 0.722. The number of rotatable bonds is 71. The van der Waals surface area contributed by atoms with E-state index in [4.69, 9.17) is 37.0 Å². The van der Waals surface area contributed by atoms with Gasteiger partial charge in [0, 0.05) is 25.7 Å². The highest BCUT2D eigenvalue weighted by molar-refractivity contribution is 7.47. The molecule has 5 atom stereocenters. The van der Waals surface area contributed by atoms with E-state index in [2.05, 4.69) is 125 Å². The summed E-state index contributed by atoms with van der Waals surface area (Å²) in [6.45, 7) is 4.56. The van der Waals surface area contributed by atoms with E-state index >= 15 is 0 Å². The Morgan fingerprint density at radius 2 is 0.541 bits per heavy atom. The molecule has 0 saturated carbocycles. The van der Waals surface area contributed by atoms with Crippen LogP contribution in [0.4, 0.5) is 0 Å². The molecular formula is C79H136O17P2. The van der Waals surface area contributed by atoms with Gasteiger partial charge >= 0.3 is 39.5 Å². The predicted octanol–water partition coefficient (Wildman–Crippen LogP) is 21.8. The van der Waals surface area contributed by atoms with Crippen LogP contribution in [0.25, 0.3) is 0 Å². The molecule has 0 bridgehead atoms. The number of phosphoric ester groups is 2. The van der Waals surface area contributed by atoms with E-state index in [0.29, 0.717) is 32.1 Å². The van der Waals surface area contributed by atoms with Crippen LogP contribution in [0.3, 0.4) is 0 Å². The Bertz CT molecular complexity index is 2290. The highest BCUT2D eigenvalue weighted by Gasteiger charge is 2.30. The molecule has 5 unspecified atom stereocenters. The molecule has 0 heterocycles. The Kier molecular flexibility index (Phi) is 68.0. The molecule has 19 heteroatoms. The van der Waals surface area contributed by atoms with Crippen LogP contribution in [0, 0.1) is 0 Å². The Morgan fingerprint density at radius 3 is 0.857 bits per heavy atom. The molecule has 0 rings (SSSR count). The quantitative estimate of drug-likeness (QED) is 0.0169. The number of esters is 4. The largest absolute Gasteiger partial charge is 0.472 e. The molecule has 0 amide bonds. The molecule has 0 fully saturated rings. The lowest BCUT2D eigenvalue weighted by molar-refractivity contribution is -0.161. The second-order valence-electron chi connectivity index (χ2n) is 25.2. The van der Waals surface area contributed by atoms with Crippen molar-refractivity contribution in [2.24, 2.45) is 0 Å². The molecular weight excluding hydrogens is 1280 g/mol. The summed E-state index contributed by atoms with van der Waals surface area (Å²) in [5, 5.41) is 10.6. The van der Waals surface area contributed by atoms with E-state index in [1.54, 1.807) is 0 Å². The van der Waals surface area contributed by atoms with Crippen molar-refractivity contribution in [1.82, 2.24) is 0 Å². The maximum absolute atomic E-state index is 13.1. The summed E-state index contributed by atoms with van der Waals surface area (Å²) in [6, 6.07) is 0. The van der Waals surface area contributed by atoms with Crippen molar-refractivity contribution in [1.29, 1.82) is 0 Å². The molecule has 17 nitrogen and oxygen atoms in total. The van der Waals surface area contributed by atoms with Crippen molar-refractivity contribution in [2.75, 3.05) is 39.6 Å². The molecule has 564 valence electrons. The monoisotopic (exact) mass is 1420 g/mol. The third kappa shape index (κ3) is 70.2. The van der Waals surface area contributed by atoms with Crippen LogP contribution < -0.4 is 0 Å². The normalized spacial score (nSPS) is 14.6. The third-order valence-corrected chi connectivity index (χ3v) is 17.7. The third-order valence-electron chi connectivity index (χ3n) is 15.8. The number of hydrogen-bond acceptors (Lipinski definition) is 15. The minimum Gasteiger partial charge on any atom is -0.462 e. The van der Waals surface area contributed by atoms with Crippen molar-refractivity contribution in [3.05, 3.63) is 109 Å². The fourth-order valence-electron chi connectivity index (χ4n) is 10.0. The summed E-state index contributed by atoms with van der Waals surface area (Å²) >= 11 is 0. The fourth-order valence-corrected chi connectivity index (χ4v) is 11.6. The van der Waals surface area contributed by atoms with Gasteiger partial charge in [0.2, 0.25) is 0 Å². The zero-order valence-corrected chi connectivity index (χ0v) is 63.2. The minimum atomic E-state index is -4.98.